The minimum absolute atomic E-state index is 0.444. The molecule has 2 N–H and O–H groups in total. The molecule has 0 aromatic carbocycles. The maximum absolute atomic E-state index is 5.93. The number of fused-ring (bicyclic) bond motifs is 1. The van der Waals surface area contributed by atoms with Gasteiger partial charge in [0.1, 0.15) is 10.7 Å². The number of hydrogen-bond donors (Lipinski definition) is 1. The first-order valence-electron chi connectivity index (χ1n) is 5.55. The molecule has 7 heteroatoms. The molecule has 0 fully saturated rings. The van der Waals surface area contributed by atoms with Gasteiger partial charge in [0.25, 0.3) is 0 Å². The van der Waals surface area contributed by atoms with Crippen molar-refractivity contribution in [2.45, 2.75) is 10.8 Å². The van der Waals surface area contributed by atoms with Crippen molar-refractivity contribution in [3.05, 3.63) is 47.6 Å². The predicted octanol–water partition coefficient (Wildman–Crippen LogP) is 2.65. The molecule has 3 rings (SSSR count). The van der Waals surface area contributed by atoms with Crippen LogP contribution in [-0.2, 0) is 5.75 Å². The molecule has 0 unspecified atom stereocenters. The Morgan fingerprint density at radius 1 is 1.21 bits per heavy atom. The van der Waals surface area contributed by atoms with Gasteiger partial charge in [-0.15, -0.1) is 0 Å². The molecular weight excluding hydrogens is 282 g/mol. The number of nitrogens with zero attached hydrogens (tertiary/aromatic N) is 4. The number of imidazole rings is 1. The van der Waals surface area contributed by atoms with E-state index in [9.17, 15) is 0 Å². The van der Waals surface area contributed by atoms with Gasteiger partial charge in [-0.3, -0.25) is 0 Å². The predicted molar refractivity (Wildman–Crippen MR) is 76.2 cm³/mol. The van der Waals surface area contributed by atoms with Gasteiger partial charge in [-0.05, 0) is 12.1 Å². The third-order valence-electron chi connectivity index (χ3n) is 2.51. The van der Waals surface area contributed by atoms with Gasteiger partial charge in [-0.1, -0.05) is 23.4 Å². The number of nitrogen functional groups attached to an aromatic ring is 1. The van der Waals surface area contributed by atoms with Crippen molar-refractivity contribution < 1.29 is 0 Å². The average Bonchev–Trinajstić information content (AvgIpc) is 2.79. The number of anilines is 1. The van der Waals surface area contributed by atoms with Gasteiger partial charge in [-0.25, -0.2) is 15.0 Å². The van der Waals surface area contributed by atoms with Crippen molar-refractivity contribution in [3.8, 4) is 0 Å². The Labute approximate surface area is 118 Å². The van der Waals surface area contributed by atoms with Crippen LogP contribution in [0.1, 0.15) is 5.69 Å². The van der Waals surface area contributed by atoms with E-state index in [1.165, 1.54) is 11.8 Å². The van der Waals surface area contributed by atoms with Crippen LogP contribution in [0.2, 0.25) is 5.02 Å². The molecule has 0 bridgehead atoms. The summed E-state index contributed by atoms with van der Waals surface area (Å²) in [5.41, 5.74) is 7.55. The Kier molecular flexibility index (Phi) is 3.27. The highest BCUT2D eigenvalue weighted by Crippen LogP contribution is 2.24. The zero-order chi connectivity index (χ0) is 13.2. The molecule has 0 saturated heterocycles. The molecule has 0 aliphatic heterocycles. The Bertz CT molecular complexity index is 727. The lowest BCUT2D eigenvalue weighted by molar-refractivity contribution is 1.07. The monoisotopic (exact) mass is 291 g/mol. The minimum atomic E-state index is 0.444. The summed E-state index contributed by atoms with van der Waals surface area (Å²) in [7, 11) is 0. The van der Waals surface area contributed by atoms with Crippen LogP contribution in [-0.4, -0.2) is 19.4 Å². The molecule has 0 aliphatic carbocycles. The minimum Gasteiger partial charge on any atom is -0.381 e. The van der Waals surface area contributed by atoms with Crippen LogP contribution in [0.3, 0.4) is 0 Å². The fourth-order valence-electron chi connectivity index (χ4n) is 1.68. The molecule has 0 amide bonds. The van der Waals surface area contributed by atoms with E-state index in [2.05, 4.69) is 15.0 Å². The van der Waals surface area contributed by atoms with Gasteiger partial charge < -0.3 is 10.1 Å². The highest BCUT2D eigenvalue weighted by molar-refractivity contribution is 7.98. The number of pyridine rings is 1. The Balaban J connectivity index is 1.80. The lowest BCUT2D eigenvalue weighted by atomic mass is 10.5. The van der Waals surface area contributed by atoms with Crippen LogP contribution < -0.4 is 5.73 Å². The van der Waals surface area contributed by atoms with Crippen molar-refractivity contribution in [2.24, 2.45) is 0 Å². The molecule has 0 aliphatic rings. The number of thioether (sulfide) groups is 1. The summed E-state index contributed by atoms with van der Waals surface area (Å²) in [5.74, 6) is 1.13. The van der Waals surface area contributed by atoms with Crippen molar-refractivity contribution in [1.82, 2.24) is 19.4 Å². The molecule has 19 heavy (non-hydrogen) atoms. The molecule has 5 nitrogen and oxygen atoms in total. The summed E-state index contributed by atoms with van der Waals surface area (Å²) < 4.78 is 1.90. The third-order valence-corrected chi connectivity index (χ3v) is 3.76. The van der Waals surface area contributed by atoms with Crippen LogP contribution >= 0.6 is 23.4 Å². The summed E-state index contributed by atoms with van der Waals surface area (Å²) in [6.07, 6.45) is 6.98. The molecule has 0 radical (unpaired) electrons. The van der Waals surface area contributed by atoms with Gasteiger partial charge in [-0.2, -0.15) is 0 Å². The van der Waals surface area contributed by atoms with E-state index in [0.29, 0.717) is 16.6 Å². The van der Waals surface area contributed by atoms with Crippen LogP contribution in [0.5, 0.6) is 0 Å². The highest BCUT2D eigenvalue weighted by atomic mass is 35.5. The number of nitrogens with two attached hydrogens (primary N) is 1. The fourth-order valence-corrected chi connectivity index (χ4v) is 2.60. The maximum atomic E-state index is 5.93. The summed E-state index contributed by atoms with van der Waals surface area (Å²) in [6.45, 7) is 0. The number of halogens is 1. The van der Waals surface area contributed by atoms with Crippen molar-refractivity contribution in [3.63, 3.8) is 0 Å². The SMILES string of the molecule is Nc1nccnc1SCc1cn2cc(Cl)ccc2n1. The standard InChI is InChI=1S/C12H10ClN5S/c13-8-1-2-10-17-9(6-18(10)5-8)7-19-12-11(14)15-3-4-16-12/h1-6H,7H2,(H2,14,15). The molecule has 3 aromatic heterocycles. The second kappa shape index (κ2) is 5.07. The van der Waals surface area contributed by atoms with Gasteiger partial charge in [0, 0.05) is 30.5 Å². The largest absolute Gasteiger partial charge is 0.381 e. The average molecular weight is 292 g/mol. The fraction of sp³-hybridized carbons (Fsp3) is 0.0833. The first-order valence-corrected chi connectivity index (χ1v) is 6.91. The Morgan fingerprint density at radius 3 is 2.89 bits per heavy atom. The zero-order valence-electron chi connectivity index (χ0n) is 9.82. The lowest BCUT2D eigenvalue weighted by Gasteiger charge is -2.00. The first-order chi connectivity index (χ1) is 9.22. The first kappa shape index (κ1) is 12.3. The van der Waals surface area contributed by atoms with Crippen molar-refractivity contribution in [1.29, 1.82) is 0 Å². The summed E-state index contributed by atoms with van der Waals surface area (Å²) in [6, 6.07) is 3.70. The second-order valence-corrected chi connectivity index (χ2v) is 5.28. The normalized spacial score (nSPS) is 11.0. The van der Waals surface area contributed by atoms with Gasteiger partial charge in [0.05, 0.1) is 10.7 Å². The van der Waals surface area contributed by atoms with Crippen molar-refractivity contribution >= 4 is 34.8 Å². The summed E-state index contributed by atoms with van der Waals surface area (Å²) in [4.78, 5) is 12.7. The number of rotatable bonds is 3. The van der Waals surface area contributed by atoms with E-state index in [1.807, 2.05) is 28.9 Å². The van der Waals surface area contributed by atoms with Gasteiger partial charge in [0.2, 0.25) is 0 Å². The Hall–Kier alpha value is -1.79. The summed E-state index contributed by atoms with van der Waals surface area (Å²) in [5, 5.41) is 1.40. The quantitative estimate of drug-likeness (QED) is 0.751. The van der Waals surface area contributed by atoms with E-state index < -0.39 is 0 Å². The molecule has 0 saturated carbocycles. The molecule has 0 atom stereocenters. The maximum Gasteiger partial charge on any atom is 0.156 e. The zero-order valence-corrected chi connectivity index (χ0v) is 11.4. The molecule has 3 heterocycles. The number of aromatic nitrogens is 4. The van der Waals surface area contributed by atoms with Crippen LogP contribution in [0, 0.1) is 0 Å². The summed E-state index contributed by atoms with van der Waals surface area (Å²) >= 11 is 7.45. The Morgan fingerprint density at radius 2 is 2.05 bits per heavy atom. The molecular formula is C12H10ClN5S. The van der Waals surface area contributed by atoms with E-state index in [4.69, 9.17) is 17.3 Å². The van der Waals surface area contributed by atoms with Gasteiger partial charge in [0.15, 0.2) is 5.82 Å². The van der Waals surface area contributed by atoms with Crippen LogP contribution in [0.15, 0.2) is 41.9 Å². The van der Waals surface area contributed by atoms with E-state index in [0.717, 1.165) is 16.4 Å². The van der Waals surface area contributed by atoms with Gasteiger partial charge >= 0.3 is 0 Å². The van der Waals surface area contributed by atoms with E-state index in [1.54, 1.807) is 12.4 Å². The molecule has 3 aromatic rings. The second-order valence-electron chi connectivity index (χ2n) is 3.88. The van der Waals surface area contributed by atoms with E-state index >= 15 is 0 Å². The van der Waals surface area contributed by atoms with Crippen LogP contribution in [0.25, 0.3) is 5.65 Å². The van der Waals surface area contributed by atoms with Crippen LogP contribution in [0.4, 0.5) is 5.82 Å². The smallest absolute Gasteiger partial charge is 0.156 e. The highest BCUT2D eigenvalue weighted by Gasteiger charge is 2.06. The lowest BCUT2D eigenvalue weighted by Crippen LogP contribution is -1.94. The third kappa shape index (κ3) is 2.64. The molecule has 96 valence electrons. The van der Waals surface area contributed by atoms with E-state index in [-0.39, 0.29) is 0 Å². The molecule has 0 spiro atoms. The van der Waals surface area contributed by atoms with Crippen molar-refractivity contribution in [2.75, 3.05) is 5.73 Å². The topological polar surface area (TPSA) is 69.1 Å². The number of hydrogen-bond acceptors (Lipinski definition) is 5.